The second-order valence-electron chi connectivity index (χ2n) is 7.59. The molecule has 4 N–H and O–H groups in total. The Morgan fingerprint density at radius 3 is 2.24 bits per heavy atom. The van der Waals surface area contributed by atoms with Crippen molar-refractivity contribution in [2.24, 2.45) is 0 Å². The van der Waals surface area contributed by atoms with Gasteiger partial charge < -0.3 is 4.98 Å². The fourth-order valence-electron chi connectivity index (χ4n) is 3.32. The molecule has 9 heteroatoms. The maximum atomic E-state index is 12.7. The monoisotopic (exact) mass is 462 g/mol. The van der Waals surface area contributed by atoms with Crippen molar-refractivity contribution in [3.8, 4) is 0 Å². The number of aryl methyl sites for hydroxylation is 2. The maximum absolute atomic E-state index is 12.7. The number of para-hydroxylation sites is 1. The van der Waals surface area contributed by atoms with Crippen LogP contribution in [-0.2, 0) is 10.0 Å². The van der Waals surface area contributed by atoms with Crippen molar-refractivity contribution >= 4 is 38.4 Å². The average molecular weight is 463 g/mol. The van der Waals surface area contributed by atoms with Gasteiger partial charge in [0.05, 0.1) is 10.5 Å². The third kappa shape index (κ3) is 4.73. The Balaban J connectivity index is 1.41. The molecule has 33 heavy (non-hydrogen) atoms. The molecule has 0 unspecified atom stereocenters. The summed E-state index contributed by atoms with van der Waals surface area (Å²) in [5.74, 6) is -1.05. The van der Waals surface area contributed by atoms with Gasteiger partial charge in [0, 0.05) is 28.4 Å². The summed E-state index contributed by atoms with van der Waals surface area (Å²) in [6.07, 6.45) is 1.56. The number of fused-ring (bicyclic) bond motifs is 1. The Morgan fingerprint density at radius 1 is 0.818 bits per heavy atom. The molecule has 0 spiro atoms. The van der Waals surface area contributed by atoms with Crippen molar-refractivity contribution in [3.63, 3.8) is 0 Å². The molecule has 0 saturated carbocycles. The molecule has 0 atom stereocenters. The van der Waals surface area contributed by atoms with Crippen LogP contribution in [0, 0.1) is 13.8 Å². The molecule has 168 valence electrons. The van der Waals surface area contributed by atoms with Gasteiger partial charge in [0.15, 0.2) is 0 Å². The third-order valence-corrected chi connectivity index (χ3v) is 6.71. The van der Waals surface area contributed by atoms with Crippen molar-refractivity contribution in [1.29, 1.82) is 0 Å². The Bertz CT molecular complexity index is 1460. The Labute approximate surface area is 191 Å². The number of benzene rings is 3. The van der Waals surface area contributed by atoms with E-state index in [0.717, 1.165) is 22.0 Å². The smallest absolute Gasteiger partial charge is 0.271 e. The number of H-pyrrole nitrogens is 1. The van der Waals surface area contributed by atoms with E-state index in [1.807, 2.05) is 38.1 Å². The van der Waals surface area contributed by atoms with Crippen LogP contribution < -0.4 is 15.6 Å². The van der Waals surface area contributed by atoms with Crippen LogP contribution in [0.25, 0.3) is 10.9 Å². The van der Waals surface area contributed by atoms with E-state index in [9.17, 15) is 18.0 Å². The fraction of sp³-hybridized carbons (Fsp3) is 0.0833. The van der Waals surface area contributed by atoms with Gasteiger partial charge in [-0.3, -0.25) is 25.2 Å². The summed E-state index contributed by atoms with van der Waals surface area (Å²) in [6.45, 7) is 3.85. The van der Waals surface area contributed by atoms with Crippen LogP contribution in [0.1, 0.15) is 31.8 Å². The molecule has 0 aliphatic carbocycles. The van der Waals surface area contributed by atoms with E-state index in [1.165, 1.54) is 24.3 Å². The normalized spacial score (nSPS) is 11.2. The van der Waals surface area contributed by atoms with Crippen LogP contribution in [0.3, 0.4) is 0 Å². The summed E-state index contributed by atoms with van der Waals surface area (Å²) >= 11 is 0. The lowest BCUT2D eigenvalue weighted by molar-refractivity contribution is 0.0847. The van der Waals surface area contributed by atoms with Crippen LogP contribution in [0.5, 0.6) is 0 Å². The first kappa shape index (κ1) is 22.1. The van der Waals surface area contributed by atoms with Crippen molar-refractivity contribution in [2.75, 3.05) is 4.72 Å². The van der Waals surface area contributed by atoms with Gasteiger partial charge in [-0.1, -0.05) is 24.3 Å². The number of rotatable bonds is 5. The quantitative estimate of drug-likeness (QED) is 0.338. The average Bonchev–Trinajstić information content (AvgIpc) is 3.24. The highest BCUT2D eigenvalue weighted by molar-refractivity contribution is 7.92. The number of aromatic nitrogens is 1. The van der Waals surface area contributed by atoms with Gasteiger partial charge in [0.25, 0.3) is 21.8 Å². The van der Waals surface area contributed by atoms with Crippen molar-refractivity contribution in [2.45, 2.75) is 18.7 Å². The standard InChI is InChI=1S/C24H22N4O4S/c1-15-7-10-18(13-16(15)2)28-33(31,32)19-11-8-17(9-12-19)23(29)26-27-24(30)21-14-25-22-6-4-3-5-20(21)22/h3-14,25,28H,1-2H3,(H,26,29)(H,27,30). The van der Waals surface area contributed by atoms with Crippen LogP contribution in [-0.4, -0.2) is 25.2 Å². The van der Waals surface area contributed by atoms with Crippen LogP contribution in [0.2, 0.25) is 0 Å². The topological polar surface area (TPSA) is 120 Å². The summed E-state index contributed by atoms with van der Waals surface area (Å²) in [4.78, 5) is 27.8. The van der Waals surface area contributed by atoms with E-state index in [4.69, 9.17) is 0 Å². The minimum absolute atomic E-state index is 0.0140. The van der Waals surface area contributed by atoms with Crippen LogP contribution in [0.4, 0.5) is 5.69 Å². The molecule has 0 radical (unpaired) electrons. The minimum Gasteiger partial charge on any atom is -0.360 e. The fourth-order valence-corrected chi connectivity index (χ4v) is 4.37. The first-order valence-corrected chi connectivity index (χ1v) is 11.6. The van der Waals surface area contributed by atoms with Gasteiger partial charge in [-0.15, -0.1) is 0 Å². The molecule has 0 saturated heterocycles. The molecule has 0 aliphatic rings. The number of aromatic amines is 1. The molecule has 4 aromatic rings. The second-order valence-corrected chi connectivity index (χ2v) is 9.27. The number of hydrogen-bond acceptors (Lipinski definition) is 4. The van der Waals surface area contributed by atoms with E-state index in [2.05, 4.69) is 20.6 Å². The molecule has 0 fully saturated rings. The molecular formula is C24H22N4O4S. The zero-order valence-electron chi connectivity index (χ0n) is 18.0. The van der Waals surface area contributed by atoms with E-state index in [0.29, 0.717) is 11.3 Å². The maximum Gasteiger partial charge on any atom is 0.271 e. The van der Waals surface area contributed by atoms with Crippen molar-refractivity contribution < 1.29 is 18.0 Å². The molecule has 0 bridgehead atoms. The van der Waals surface area contributed by atoms with Gasteiger partial charge in [-0.2, -0.15) is 0 Å². The highest BCUT2D eigenvalue weighted by atomic mass is 32.2. The molecule has 4 rings (SSSR count). The Morgan fingerprint density at radius 2 is 1.52 bits per heavy atom. The van der Waals surface area contributed by atoms with Crippen LogP contribution in [0.15, 0.2) is 77.8 Å². The summed E-state index contributed by atoms with van der Waals surface area (Å²) in [6, 6.07) is 18.0. The first-order chi connectivity index (χ1) is 15.7. The summed E-state index contributed by atoms with van der Waals surface area (Å²) < 4.78 is 27.9. The number of sulfonamides is 1. The van der Waals surface area contributed by atoms with E-state index >= 15 is 0 Å². The lowest BCUT2D eigenvalue weighted by Crippen LogP contribution is -2.41. The zero-order chi connectivity index (χ0) is 23.6. The lowest BCUT2D eigenvalue weighted by atomic mass is 10.1. The molecule has 1 heterocycles. The number of carbonyl (C=O) groups excluding carboxylic acids is 2. The third-order valence-electron chi connectivity index (χ3n) is 5.31. The summed E-state index contributed by atoms with van der Waals surface area (Å²) in [5.41, 5.74) is 8.60. The number of amides is 2. The van der Waals surface area contributed by atoms with E-state index in [-0.39, 0.29) is 10.5 Å². The molecular weight excluding hydrogens is 440 g/mol. The number of anilines is 1. The van der Waals surface area contributed by atoms with Crippen LogP contribution >= 0.6 is 0 Å². The van der Waals surface area contributed by atoms with Gasteiger partial charge in [-0.25, -0.2) is 8.42 Å². The lowest BCUT2D eigenvalue weighted by Gasteiger charge is -2.11. The largest absolute Gasteiger partial charge is 0.360 e. The van der Waals surface area contributed by atoms with Gasteiger partial charge >= 0.3 is 0 Å². The van der Waals surface area contributed by atoms with Gasteiger partial charge in [0.2, 0.25) is 0 Å². The van der Waals surface area contributed by atoms with Crippen molar-refractivity contribution in [3.05, 3.63) is 95.2 Å². The second kappa shape index (κ2) is 8.79. The number of nitrogens with one attached hydrogen (secondary N) is 4. The molecule has 3 aromatic carbocycles. The van der Waals surface area contributed by atoms with E-state index in [1.54, 1.807) is 24.4 Å². The number of carbonyl (C=O) groups is 2. The molecule has 2 amide bonds. The molecule has 1 aromatic heterocycles. The number of hydrogen-bond donors (Lipinski definition) is 4. The Kier molecular flexibility index (Phi) is 5.89. The highest BCUT2D eigenvalue weighted by Crippen LogP contribution is 2.20. The molecule has 8 nitrogen and oxygen atoms in total. The van der Waals surface area contributed by atoms with Crippen molar-refractivity contribution in [1.82, 2.24) is 15.8 Å². The van der Waals surface area contributed by atoms with Gasteiger partial charge in [-0.05, 0) is 67.4 Å². The Hall–Kier alpha value is -4.11. The zero-order valence-corrected chi connectivity index (χ0v) is 18.8. The first-order valence-electron chi connectivity index (χ1n) is 10.1. The molecule has 0 aliphatic heterocycles. The van der Waals surface area contributed by atoms with E-state index < -0.39 is 21.8 Å². The summed E-state index contributed by atoms with van der Waals surface area (Å²) in [7, 11) is -3.82. The highest BCUT2D eigenvalue weighted by Gasteiger charge is 2.17. The predicted octanol–water partition coefficient (Wildman–Crippen LogP) is 3.66. The minimum atomic E-state index is -3.82. The SMILES string of the molecule is Cc1ccc(NS(=O)(=O)c2ccc(C(=O)NNC(=O)c3c[nH]c4ccccc34)cc2)cc1C. The van der Waals surface area contributed by atoms with Gasteiger partial charge in [0.1, 0.15) is 0 Å². The number of hydrazine groups is 1. The summed E-state index contributed by atoms with van der Waals surface area (Å²) in [5, 5.41) is 0.732. The predicted molar refractivity (Wildman–Crippen MR) is 126 cm³/mol.